The molecule has 0 saturated heterocycles. The average molecular weight is 274 g/mol. The summed E-state index contributed by atoms with van der Waals surface area (Å²) in [6.07, 6.45) is 0.758. The van der Waals surface area contributed by atoms with Gasteiger partial charge in [-0.25, -0.2) is 14.4 Å². The van der Waals surface area contributed by atoms with Crippen molar-refractivity contribution in [3.63, 3.8) is 0 Å². The fourth-order valence-corrected chi connectivity index (χ4v) is 1.85. The van der Waals surface area contributed by atoms with Gasteiger partial charge in [-0.05, 0) is 13.0 Å². The Balaban J connectivity index is 2.12. The molecule has 0 spiro atoms. The van der Waals surface area contributed by atoms with E-state index in [1.54, 1.807) is 12.1 Å². The molecule has 1 aromatic carbocycles. The van der Waals surface area contributed by atoms with Gasteiger partial charge >= 0.3 is 0 Å². The largest absolute Gasteiger partial charge is 0.370 e. The van der Waals surface area contributed by atoms with Gasteiger partial charge in [0.05, 0.1) is 0 Å². The molecule has 0 unspecified atom stereocenters. The van der Waals surface area contributed by atoms with E-state index < -0.39 is 0 Å². The molecule has 0 amide bonds. The van der Waals surface area contributed by atoms with Crippen molar-refractivity contribution >= 4 is 11.6 Å². The molecule has 1 aromatic heterocycles. The minimum Gasteiger partial charge on any atom is -0.370 e. The van der Waals surface area contributed by atoms with E-state index in [2.05, 4.69) is 20.6 Å². The first-order valence-corrected chi connectivity index (χ1v) is 6.82. The van der Waals surface area contributed by atoms with Gasteiger partial charge in [0.15, 0.2) is 0 Å². The van der Waals surface area contributed by atoms with E-state index in [9.17, 15) is 4.39 Å². The molecule has 106 valence electrons. The van der Waals surface area contributed by atoms with Crippen molar-refractivity contribution in [1.29, 1.82) is 0 Å². The van der Waals surface area contributed by atoms with Crippen LogP contribution in [0.15, 0.2) is 30.3 Å². The van der Waals surface area contributed by atoms with Crippen LogP contribution in [0.3, 0.4) is 0 Å². The van der Waals surface area contributed by atoms with E-state index in [1.165, 1.54) is 6.07 Å². The van der Waals surface area contributed by atoms with E-state index in [4.69, 9.17) is 0 Å². The number of nitrogens with zero attached hydrogens (tertiary/aromatic N) is 2. The minimum atomic E-state index is -0.211. The number of aromatic nitrogens is 2. The summed E-state index contributed by atoms with van der Waals surface area (Å²) in [4.78, 5) is 8.77. The van der Waals surface area contributed by atoms with Crippen LogP contribution in [-0.4, -0.2) is 16.5 Å². The first kappa shape index (κ1) is 14.2. The van der Waals surface area contributed by atoms with Crippen molar-refractivity contribution < 1.29 is 4.39 Å². The summed E-state index contributed by atoms with van der Waals surface area (Å²) in [7, 11) is 0. The van der Waals surface area contributed by atoms with Gasteiger partial charge in [0.1, 0.15) is 23.3 Å². The minimum absolute atomic E-state index is 0.211. The highest BCUT2D eigenvalue weighted by Gasteiger charge is 2.04. The topological polar surface area (TPSA) is 49.8 Å². The van der Waals surface area contributed by atoms with E-state index in [0.29, 0.717) is 17.9 Å². The second-order valence-corrected chi connectivity index (χ2v) is 4.38. The standard InChI is InChI=1S/C15H19FN4/c1-3-13-19-14(17-4-2)9-15(20-13)18-10-11-7-5-6-8-12(11)16/h5-9H,3-4,10H2,1-2H3,(H2,17,18,19,20). The molecule has 0 saturated carbocycles. The molecule has 0 bridgehead atoms. The number of nitrogens with one attached hydrogen (secondary N) is 2. The second kappa shape index (κ2) is 6.84. The van der Waals surface area contributed by atoms with Crippen LogP contribution < -0.4 is 10.6 Å². The summed E-state index contributed by atoms with van der Waals surface area (Å²) >= 11 is 0. The Morgan fingerprint density at radius 1 is 1.05 bits per heavy atom. The normalized spacial score (nSPS) is 10.3. The predicted molar refractivity (Wildman–Crippen MR) is 79.3 cm³/mol. The molecule has 0 aliphatic carbocycles. The summed E-state index contributed by atoms with van der Waals surface area (Å²) in [5.74, 6) is 2.04. The van der Waals surface area contributed by atoms with Crippen LogP contribution in [-0.2, 0) is 13.0 Å². The highest BCUT2D eigenvalue weighted by molar-refractivity contribution is 5.47. The van der Waals surface area contributed by atoms with Crippen LogP contribution in [0, 0.1) is 5.82 Å². The van der Waals surface area contributed by atoms with Crippen molar-refractivity contribution in [3.8, 4) is 0 Å². The molecular formula is C15H19FN4. The first-order valence-electron chi connectivity index (χ1n) is 6.82. The predicted octanol–water partition coefficient (Wildman–Crippen LogP) is 3.22. The van der Waals surface area contributed by atoms with Crippen molar-refractivity contribution in [1.82, 2.24) is 9.97 Å². The van der Waals surface area contributed by atoms with E-state index >= 15 is 0 Å². The molecule has 2 aromatic rings. The molecule has 2 rings (SSSR count). The number of anilines is 2. The Labute approximate surface area is 118 Å². The molecular weight excluding hydrogens is 255 g/mol. The van der Waals surface area contributed by atoms with Gasteiger partial charge < -0.3 is 10.6 Å². The molecule has 4 nitrogen and oxygen atoms in total. The summed E-state index contributed by atoms with van der Waals surface area (Å²) in [5, 5.41) is 6.31. The lowest BCUT2D eigenvalue weighted by atomic mass is 10.2. The zero-order valence-electron chi connectivity index (χ0n) is 11.8. The lowest BCUT2D eigenvalue weighted by Crippen LogP contribution is -2.08. The zero-order valence-corrected chi connectivity index (χ0v) is 11.8. The third kappa shape index (κ3) is 3.66. The molecule has 0 aliphatic rings. The third-order valence-electron chi connectivity index (χ3n) is 2.86. The molecule has 0 atom stereocenters. The van der Waals surface area contributed by atoms with Gasteiger partial charge in [-0.3, -0.25) is 0 Å². The Kier molecular flexibility index (Phi) is 4.87. The summed E-state index contributed by atoms with van der Waals surface area (Å²) in [6, 6.07) is 8.56. The Morgan fingerprint density at radius 2 is 1.75 bits per heavy atom. The van der Waals surface area contributed by atoms with Gasteiger partial charge in [-0.2, -0.15) is 0 Å². The van der Waals surface area contributed by atoms with Crippen molar-refractivity contribution in [3.05, 3.63) is 47.5 Å². The highest BCUT2D eigenvalue weighted by atomic mass is 19.1. The zero-order chi connectivity index (χ0) is 14.4. The lowest BCUT2D eigenvalue weighted by Gasteiger charge is -2.10. The molecule has 0 radical (unpaired) electrons. The van der Waals surface area contributed by atoms with Crippen LogP contribution >= 0.6 is 0 Å². The Hall–Kier alpha value is -2.17. The lowest BCUT2D eigenvalue weighted by molar-refractivity contribution is 0.613. The SMILES string of the molecule is CCNc1cc(NCc2ccccc2F)nc(CC)n1. The maximum absolute atomic E-state index is 13.6. The maximum atomic E-state index is 13.6. The summed E-state index contributed by atoms with van der Waals surface area (Å²) in [6.45, 7) is 5.22. The van der Waals surface area contributed by atoms with Crippen molar-refractivity contribution in [2.45, 2.75) is 26.8 Å². The first-order chi connectivity index (χ1) is 9.72. The number of hydrogen-bond donors (Lipinski definition) is 2. The maximum Gasteiger partial charge on any atom is 0.132 e. The average Bonchev–Trinajstić information content (AvgIpc) is 2.46. The Bertz CT molecular complexity index is 572. The van der Waals surface area contributed by atoms with Gasteiger partial charge in [-0.15, -0.1) is 0 Å². The molecule has 2 N–H and O–H groups in total. The quantitative estimate of drug-likeness (QED) is 0.849. The van der Waals surface area contributed by atoms with Gasteiger partial charge in [0.25, 0.3) is 0 Å². The monoisotopic (exact) mass is 274 g/mol. The molecule has 0 fully saturated rings. The second-order valence-electron chi connectivity index (χ2n) is 4.38. The summed E-state index contributed by atoms with van der Waals surface area (Å²) < 4.78 is 13.6. The molecule has 20 heavy (non-hydrogen) atoms. The Morgan fingerprint density at radius 3 is 2.40 bits per heavy atom. The van der Waals surface area contributed by atoms with Crippen molar-refractivity contribution in [2.24, 2.45) is 0 Å². The fourth-order valence-electron chi connectivity index (χ4n) is 1.85. The van der Waals surface area contributed by atoms with Gasteiger partial charge in [0.2, 0.25) is 0 Å². The van der Waals surface area contributed by atoms with Crippen molar-refractivity contribution in [2.75, 3.05) is 17.2 Å². The van der Waals surface area contributed by atoms with Crippen LogP contribution in [0.5, 0.6) is 0 Å². The molecule has 1 heterocycles. The van der Waals surface area contributed by atoms with Crippen LogP contribution in [0.2, 0.25) is 0 Å². The smallest absolute Gasteiger partial charge is 0.132 e. The van der Waals surface area contributed by atoms with Gasteiger partial charge in [0, 0.05) is 31.1 Å². The number of benzene rings is 1. The van der Waals surface area contributed by atoms with E-state index in [-0.39, 0.29) is 5.82 Å². The number of rotatable bonds is 6. The summed E-state index contributed by atoms with van der Waals surface area (Å²) in [5.41, 5.74) is 0.620. The van der Waals surface area contributed by atoms with E-state index in [1.807, 2.05) is 26.0 Å². The van der Waals surface area contributed by atoms with E-state index in [0.717, 1.165) is 24.6 Å². The fraction of sp³-hybridized carbons (Fsp3) is 0.333. The third-order valence-corrected chi connectivity index (χ3v) is 2.86. The van der Waals surface area contributed by atoms with Gasteiger partial charge in [-0.1, -0.05) is 25.1 Å². The number of aryl methyl sites for hydroxylation is 1. The van der Waals surface area contributed by atoms with Crippen LogP contribution in [0.1, 0.15) is 25.2 Å². The molecule has 0 aliphatic heterocycles. The number of hydrogen-bond acceptors (Lipinski definition) is 4. The number of halogens is 1. The van der Waals surface area contributed by atoms with Crippen LogP contribution in [0.25, 0.3) is 0 Å². The van der Waals surface area contributed by atoms with Crippen LogP contribution in [0.4, 0.5) is 16.0 Å². The highest BCUT2D eigenvalue weighted by Crippen LogP contribution is 2.14. The molecule has 5 heteroatoms.